The SMILES string of the molecule is CCOC(=O)C1CCC(NC(=O)CCNC2CC2)CC1. The van der Waals surface area contributed by atoms with Crippen molar-refractivity contribution < 1.29 is 14.3 Å². The summed E-state index contributed by atoms with van der Waals surface area (Å²) in [6.07, 6.45) is 6.46. The fourth-order valence-corrected chi connectivity index (χ4v) is 2.71. The van der Waals surface area contributed by atoms with E-state index in [0.29, 0.717) is 19.1 Å². The maximum atomic E-state index is 11.8. The number of amides is 1. The molecule has 0 aliphatic heterocycles. The van der Waals surface area contributed by atoms with Gasteiger partial charge in [-0.15, -0.1) is 0 Å². The molecule has 0 aromatic rings. The molecule has 2 aliphatic rings. The van der Waals surface area contributed by atoms with Crippen molar-refractivity contribution in [3.63, 3.8) is 0 Å². The Bertz CT molecular complexity index is 334. The summed E-state index contributed by atoms with van der Waals surface area (Å²) in [7, 11) is 0. The Kier molecular flexibility index (Phi) is 5.83. The molecule has 5 heteroatoms. The predicted octanol–water partition coefficient (Wildman–Crippen LogP) is 1.37. The summed E-state index contributed by atoms with van der Waals surface area (Å²) in [5.74, 6) is 0.0725. The Morgan fingerprint density at radius 3 is 2.30 bits per heavy atom. The normalized spacial score (nSPS) is 26.1. The maximum absolute atomic E-state index is 11.8. The summed E-state index contributed by atoms with van der Waals surface area (Å²) in [6.45, 7) is 3.05. The van der Waals surface area contributed by atoms with Crippen LogP contribution in [0.1, 0.15) is 51.9 Å². The van der Waals surface area contributed by atoms with Crippen molar-refractivity contribution >= 4 is 11.9 Å². The first-order chi connectivity index (χ1) is 9.69. The van der Waals surface area contributed by atoms with Crippen LogP contribution < -0.4 is 10.6 Å². The molecule has 0 bridgehead atoms. The Labute approximate surface area is 120 Å². The van der Waals surface area contributed by atoms with E-state index in [1.165, 1.54) is 12.8 Å². The first-order valence-electron chi connectivity index (χ1n) is 7.88. The van der Waals surface area contributed by atoms with Crippen LogP contribution in [0.4, 0.5) is 0 Å². The summed E-state index contributed by atoms with van der Waals surface area (Å²) in [5, 5.41) is 6.41. The van der Waals surface area contributed by atoms with Gasteiger partial charge in [0, 0.05) is 25.0 Å². The first-order valence-corrected chi connectivity index (χ1v) is 7.88. The second-order valence-electron chi connectivity index (χ2n) is 5.85. The molecule has 114 valence electrons. The minimum atomic E-state index is -0.0779. The highest BCUT2D eigenvalue weighted by atomic mass is 16.5. The van der Waals surface area contributed by atoms with E-state index in [0.717, 1.165) is 32.2 Å². The molecule has 2 rings (SSSR count). The summed E-state index contributed by atoms with van der Waals surface area (Å²) in [4.78, 5) is 23.4. The van der Waals surface area contributed by atoms with Crippen LogP contribution in [0.5, 0.6) is 0 Å². The van der Waals surface area contributed by atoms with Gasteiger partial charge in [-0.2, -0.15) is 0 Å². The third-order valence-electron chi connectivity index (χ3n) is 4.07. The predicted molar refractivity (Wildman–Crippen MR) is 76.2 cm³/mol. The van der Waals surface area contributed by atoms with Crippen molar-refractivity contribution in [3.8, 4) is 0 Å². The number of rotatable bonds is 7. The van der Waals surface area contributed by atoms with Crippen molar-refractivity contribution in [1.29, 1.82) is 0 Å². The molecule has 0 radical (unpaired) electrons. The highest BCUT2D eigenvalue weighted by molar-refractivity contribution is 5.76. The summed E-state index contributed by atoms with van der Waals surface area (Å²) >= 11 is 0. The van der Waals surface area contributed by atoms with E-state index in [9.17, 15) is 9.59 Å². The molecule has 0 unspecified atom stereocenters. The van der Waals surface area contributed by atoms with Crippen LogP contribution in [-0.2, 0) is 14.3 Å². The van der Waals surface area contributed by atoms with E-state index in [1.807, 2.05) is 6.92 Å². The van der Waals surface area contributed by atoms with E-state index in [4.69, 9.17) is 4.74 Å². The van der Waals surface area contributed by atoms with Crippen LogP contribution in [-0.4, -0.2) is 37.1 Å². The number of hydrogen-bond acceptors (Lipinski definition) is 4. The van der Waals surface area contributed by atoms with Gasteiger partial charge in [-0.05, 0) is 45.4 Å². The first kappa shape index (κ1) is 15.3. The summed E-state index contributed by atoms with van der Waals surface area (Å²) < 4.78 is 5.04. The van der Waals surface area contributed by atoms with Crippen molar-refractivity contribution in [2.45, 2.75) is 64.0 Å². The van der Waals surface area contributed by atoms with Crippen LogP contribution in [0.3, 0.4) is 0 Å². The molecule has 2 aliphatic carbocycles. The second kappa shape index (κ2) is 7.62. The minimum Gasteiger partial charge on any atom is -0.466 e. The van der Waals surface area contributed by atoms with Crippen LogP contribution >= 0.6 is 0 Å². The topological polar surface area (TPSA) is 67.4 Å². The molecule has 0 saturated heterocycles. The second-order valence-corrected chi connectivity index (χ2v) is 5.85. The molecule has 20 heavy (non-hydrogen) atoms. The molecule has 0 heterocycles. The molecular formula is C15H26N2O3. The Balaban J connectivity index is 1.58. The Morgan fingerprint density at radius 2 is 1.70 bits per heavy atom. The molecule has 2 saturated carbocycles. The summed E-state index contributed by atoms with van der Waals surface area (Å²) in [6, 6.07) is 0.886. The van der Waals surface area contributed by atoms with E-state index >= 15 is 0 Å². The van der Waals surface area contributed by atoms with Crippen LogP contribution in [0, 0.1) is 5.92 Å². The number of esters is 1. The van der Waals surface area contributed by atoms with Crippen LogP contribution in [0.15, 0.2) is 0 Å². The number of hydrogen-bond donors (Lipinski definition) is 2. The lowest BCUT2D eigenvalue weighted by molar-refractivity contribution is -0.149. The van der Waals surface area contributed by atoms with Crippen molar-refractivity contribution in [2.24, 2.45) is 5.92 Å². The van der Waals surface area contributed by atoms with Crippen molar-refractivity contribution in [3.05, 3.63) is 0 Å². The Morgan fingerprint density at radius 1 is 1.05 bits per heavy atom. The van der Waals surface area contributed by atoms with E-state index in [1.54, 1.807) is 0 Å². The van der Waals surface area contributed by atoms with E-state index < -0.39 is 0 Å². The quantitative estimate of drug-likeness (QED) is 0.692. The van der Waals surface area contributed by atoms with Crippen LogP contribution in [0.2, 0.25) is 0 Å². The van der Waals surface area contributed by atoms with Gasteiger partial charge in [0.2, 0.25) is 5.91 Å². The molecule has 5 nitrogen and oxygen atoms in total. The standard InChI is InChI=1S/C15H26N2O3/c1-2-20-15(19)11-3-5-13(6-4-11)17-14(18)9-10-16-12-7-8-12/h11-13,16H,2-10H2,1H3,(H,17,18). The maximum Gasteiger partial charge on any atom is 0.308 e. The number of nitrogens with one attached hydrogen (secondary N) is 2. The third kappa shape index (κ3) is 5.12. The zero-order valence-corrected chi connectivity index (χ0v) is 12.3. The van der Waals surface area contributed by atoms with Gasteiger partial charge in [0.25, 0.3) is 0 Å². The smallest absolute Gasteiger partial charge is 0.308 e. The highest BCUT2D eigenvalue weighted by Gasteiger charge is 2.28. The van der Waals surface area contributed by atoms with Gasteiger partial charge in [-0.25, -0.2) is 0 Å². The molecule has 0 aromatic heterocycles. The van der Waals surface area contributed by atoms with Gasteiger partial charge >= 0.3 is 5.97 Å². The molecule has 0 aromatic carbocycles. The fourth-order valence-electron chi connectivity index (χ4n) is 2.71. The monoisotopic (exact) mass is 282 g/mol. The zero-order valence-electron chi connectivity index (χ0n) is 12.3. The lowest BCUT2D eigenvalue weighted by atomic mass is 9.86. The van der Waals surface area contributed by atoms with E-state index in [2.05, 4.69) is 10.6 Å². The minimum absolute atomic E-state index is 0.0274. The highest BCUT2D eigenvalue weighted by Crippen LogP contribution is 2.25. The van der Waals surface area contributed by atoms with Gasteiger partial charge in [0.15, 0.2) is 0 Å². The average Bonchev–Trinajstić information content (AvgIpc) is 3.24. The van der Waals surface area contributed by atoms with Gasteiger partial charge < -0.3 is 15.4 Å². The van der Waals surface area contributed by atoms with Crippen molar-refractivity contribution in [2.75, 3.05) is 13.2 Å². The third-order valence-corrected chi connectivity index (χ3v) is 4.07. The fraction of sp³-hybridized carbons (Fsp3) is 0.867. The number of carbonyl (C=O) groups excluding carboxylic acids is 2. The van der Waals surface area contributed by atoms with Gasteiger partial charge in [-0.3, -0.25) is 9.59 Å². The number of ether oxygens (including phenoxy) is 1. The van der Waals surface area contributed by atoms with E-state index in [-0.39, 0.29) is 23.8 Å². The molecule has 2 fully saturated rings. The molecule has 0 atom stereocenters. The Hall–Kier alpha value is -1.10. The molecule has 0 spiro atoms. The molecular weight excluding hydrogens is 256 g/mol. The molecule has 2 N–H and O–H groups in total. The number of carbonyl (C=O) groups is 2. The molecule has 1 amide bonds. The summed E-state index contributed by atoms with van der Waals surface area (Å²) in [5.41, 5.74) is 0. The van der Waals surface area contributed by atoms with Gasteiger partial charge in [-0.1, -0.05) is 0 Å². The zero-order chi connectivity index (χ0) is 14.4. The largest absolute Gasteiger partial charge is 0.466 e. The van der Waals surface area contributed by atoms with Gasteiger partial charge in [0.1, 0.15) is 0 Å². The lowest BCUT2D eigenvalue weighted by Gasteiger charge is -2.27. The lowest BCUT2D eigenvalue weighted by Crippen LogP contribution is -2.40. The van der Waals surface area contributed by atoms with Crippen molar-refractivity contribution in [1.82, 2.24) is 10.6 Å². The average molecular weight is 282 g/mol. The van der Waals surface area contributed by atoms with Crippen LogP contribution in [0.25, 0.3) is 0 Å². The van der Waals surface area contributed by atoms with Gasteiger partial charge in [0.05, 0.1) is 12.5 Å².